The molecule has 0 radical (unpaired) electrons. The van der Waals surface area contributed by atoms with E-state index in [1.807, 2.05) is 18.2 Å². The summed E-state index contributed by atoms with van der Waals surface area (Å²) in [5.74, 6) is 0.845. The van der Waals surface area contributed by atoms with Crippen LogP contribution in [0, 0.1) is 0 Å². The summed E-state index contributed by atoms with van der Waals surface area (Å²) in [4.78, 5) is 22.9. The number of nitrogens with zero attached hydrogens (tertiary/aromatic N) is 2. The molecule has 2 aromatic heterocycles. The van der Waals surface area contributed by atoms with E-state index in [9.17, 15) is 4.79 Å². The van der Waals surface area contributed by atoms with Crippen molar-refractivity contribution in [2.24, 2.45) is 0 Å². The zero-order valence-corrected chi connectivity index (χ0v) is 20.1. The number of pyridine rings is 1. The van der Waals surface area contributed by atoms with Crippen LogP contribution in [0.15, 0.2) is 41.3 Å². The van der Waals surface area contributed by atoms with Crippen LogP contribution in [0.5, 0.6) is 5.75 Å². The lowest BCUT2D eigenvalue weighted by molar-refractivity contribution is 0.161. The number of H-pyrrole nitrogens is 1. The average molecular weight is 451 g/mol. The number of rotatable bonds is 3. The largest absolute Gasteiger partial charge is 0.487 e. The Kier molecular flexibility index (Phi) is 4.94. The zero-order valence-electron chi connectivity index (χ0n) is 19.3. The van der Waals surface area contributed by atoms with Crippen molar-refractivity contribution in [3.63, 3.8) is 0 Å². The molecular formula is C25H30N4O2S. The molecule has 168 valence electrons. The smallest absolute Gasteiger partial charge is 0.248 e. The number of anilines is 1. The van der Waals surface area contributed by atoms with Crippen molar-refractivity contribution < 1.29 is 4.74 Å². The van der Waals surface area contributed by atoms with Gasteiger partial charge in [0, 0.05) is 42.0 Å². The number of ether oxygens (including phenoxy) is 1. The summed E-state index contributed by atoms with van der Waals surface area (Å²) in [6.45, 7) is 9.59. The van der Waals surface area contributed by atoms with Crippen molar-refractivity contribution in [2.75, 3.05) is 11.9 Å². The fourth-order valence-electron chi connectivity index (χ4n) is 5.28. The number of aromatic nitrogens is 2. The van der Waals surface area contributed by atoms with E-state index in [4.69, 9.17) is 9.72 Å². The Labute approximate surface area is 192 Å². The first kappa shape index (κ1) is 21.2. The normalized spacial score (nSPS) is 19.0. The summed E-state index contributed by atoms with van der Waals surface area (Å²) in [6.07, 6.45) is 3.82. The van der Waals surface area contributed by atoms with E-state index in [0.29, 0.717) is 12.6 Å². The van der Waals surface area contributed by atoms with Gasteiger partial charge in [0.25, 0.3) is 0 Å². The lowest BCUT2D eigenvalue weighted by Crippen LogP contribution is -2.61. The van der Waals surface area contributed by atoms with Crippen molar-refractivity contribution in [2.45, 2.75) is 64.3 Å². The van der Waals surface area contributed by atoms with Gasteiger partial charge in [-0.15, -0.1) is 0 Å². The fraction of sp³-hybridized carbons (Fsp3) is 0.440. The number of piperidine rings is 1. The van der Waals surface area contributed by atoms with Crippen LogP contribution < -0.4 is 20.5 Å². The first-order valence-electron chi connectivity index (χ1n) is 11.1. The Bertz CT molecular complexity index is 1210. The van der Waals surface area contributed by atoms with Crippen LogP contribution in [0.25, 0.3) is 21.6 Å². The van der Waals surface area contributed by atoms with Crippen LogP contribution >= 0.6 is 11.3 Å². The molecule has 7 heteroatoms. The standard InChI is InChI=1S/C25H30N4O2S/c1-24(2)12-17(13-25(3,4)28-24)29(5)23-27-19-14-31-20-10-15(6-7-18(20)22(19)32-23)16-8-9-26-21(30)11-16/h6-11,17,28H,12-14H2,1-5H3,(H,26,30). The Hall–Kier alpha value is -2.64. The molecule has 1 aromatic carbocycles. The van der Waals surface area contributed by atoms with E-state index in [2.05, 4.69) is 56.0 Å². The predicted octanol–water partition coefficient (Wildman–Crippen LogP) is 4.80. The summed E-state index contributed by atoms with van der Waals surface area (Å²) in [7, 11) is 2.17. The molecule has 32 heavy (non-hydrogen) atoms. The molecule has 0 aliphatic carbocycles. The van der Waals surface area contributed by atoms with Crippen molar-refractivity contribution >= 4 is 16.5 Å². The van der Waals surface area contributed by atoms with Crippen LogP contribution in [0.2, 0.25) is 0 Å². The zero-order chi connectivity index (χ0) is 22.7. The molecule has 2 aliphatic heterocycles. The highest BCUT2D eigenvalue weighted by Gasteiger charge is 2.40. The highest BCUT2D eigenvalue weighted by Crippen LogP contribution is 2.45. The summed E-state index contributed by atoms with van der Waals surface area (Å²) in [5, 5.41) is 4.81. The molecule has 5 rings (SSSR count). The minimum absolute atomic E-state index is 0.0861. The van der Waals surface area contributed by atoms with Gasteiger partial charge in [-0.25, -0.2) is 4.98 Å². The maximum atomic E-state index is 11.7. The lowest BCUT2D eigenvalue weighted by atomic mass is 9.79. The fourth-order valence-corrected chi connectivity index (χ4v) is 6.41. The predicted molar refractivity (Wildman–Crippen MR) is 131 cm³/mol. The van der Waals surface area contributed by atoms with Crippen molar-refractivity contribution in [3.8, 4) is 27.3 Å². The average Bonchev–Trinajstić information content (AvgIpc) is 3.15. The van der Waals surface area contributed by atoms with Crippen LogP contribution in [0.4, 0.5) is 5.13 Å². The van der Waals surface area contributed by atoms with Gasteiger partial charge in [0.15, 0.2) is 5.13 Å². The molecule has 2 aliphatic rings. The highest BCUT2D eigenvalue weighted by molar-refractivity contribution is 7.19. The van der Waals surface area contributed by atoms with E-state index in [0.717, 1.165) is 46.1 Å². The maximum absolute atomic E-state index is 11.7. The SMILES string of the molecule is CN(c1nc2c(s1)-c1ccc(-c3cc[nH]c(=O)c3)cc1OC2)C1CC(C)(C)NC(C)(C)C1. The number of benzene rings is 1. The third-order valence-corrected chi connectivity index (χ3v) is 7.62. The number of hydrogen-bond acceptors (Lipinski definition) is 6. The van der Waals surface area contributed by atoms with E-state index >= 15 is 0 Å². The second kappa shape index (κ2) is 7.46. The minimum Gasteiger partial charge on any atom is -0.487 e. The highest BCUT2D eigenvalue weighted by atomic mass is 32.1. The van der Waals surface area contributed by atoms with Gasteiger partial charge in [0.2, 0.25) is 5.56 Å². The first-order valence-corrected chi connectivity index (χ1v) is 11.9. The lowest BCUT2D eigenvalue weighted by Gasteiger charge is -2.48. The molecule has 4 heterocycles. The molecule has 2 N–H and O–H groups in total. The van der Waals surface area contributed by atoms with Gasteiger partial charge in [-0.2, -0.15) is 0 Å². The van der Waals surface area contributed by atoms with Crippen LogP contribution in [0.3, 0.4) is 0 Å². The molecule has 3 aromatic rings. The number of nitrogens with one attached hydrogen (secondary N) is 2. The summed E-state index contributed by atoms with van der Waals surface area (Å²) >= 11 is 1.74. The van der Waals surface area contributed by atoms with Gasteiger partial charge in [-0.3, -0.25) is 4.79 Å². The Balaban J connectivity index is 1.45. The second-order valence-corrected chi connectivity index (χ2v) is 11.3. The maximum Gasteiger partial charge on any atom is 0.248 e. The van der Waals surface area contributed by atoms with Crippen molar-refractivity contribution in [1.82, 2.24) is 15.3 Å². The molecule has 6 nitrogen and oxygen atoms in total. The first-order chi connectivity index (χ1) is 15.1. The number of fused-ring (bicyclic) bond motifs is 3. The molecule has 0 atom stereocenters. The topological polar surface area (TPSA) is 70.2 Å². The van der Waals surface area contributed by atoms with Crippen LogP contribution in [-0.4, -0.2) is 34.1 Å². The number of hydrogen-bond donors (Lipinski definition) is 2. The monoisotopic (exact) mass is 450 g/mol. The van der Waals surface area contributed by atoms with Gasteiger partial charge in [0.05, 0.1) is 10.6 Å². The van der Waals surface area contributed by atoms with Gasteiger partial charge in [-0.1, -0.05) is 17.4 Å². The Morgan fingerprint density at radius 1 is 1.09 bits per heavy atom. The molecule has 0 amide bonds. The Morgan fingerprint density at radius 2 is 1.81 bits per heavy atom. The Morgan fingerprint density at radius 3 is 2.53 bits per heavy atom. The van der Waals surface area contributed by atoms with Gasteiger partial charge < -0.3 is 19.9 Å². The molecular weight excluding hydrogens is 420 g/mol. The van der Waals surface area contributed by atoms with Crippen molar-refractivity contribution in [3.05, 3.63) is 52.6 Å². The third kappa shape index (κ3) is 3.95. The van der Waals surface area contributed by atoms with Gasteiger partial charge >= 0.3 is 0 Å². The quantitative estimate of drug-likeness (QED) is 0.600. The molecule has 1 saturated heterocycles. The molecule has 0 spiro atoms. The van der Waals surface area contributed by atoms with E-state index in [1.165, 1.54) is 4.88 Å². The van der Waals surface area contributed by atoms with Gasteiger partial charge in [0.1, 0.15) is 12.4 Å². The van der Waals surface area contributed by atoms with Crippen molar-refractivity contribution in [1.29, 1.82) is 0 Å². The molecule has 0 unspecified atom stereocenters. The van der Waals surface area contributed by atoms with Crippen LogP contribution in [-0.2, 0) is 6.61 Å². The number of thiazole rings is 1. The van der Waals surface area contributed by atoms with Crippen LogP contribution in [0.1, 0.15) is 46.2 Å². The van der Waals surface area contributed by atoms with E-state index in [-0.39, 0.29) is 16.6 Å². The third-order valence-electron chi connectivity index (χ3n) is 6.40. The molecule has 0 saturated carbocycles. The second-order valence-electron chi connectivity index (χ2n) is 10.3. The molecule has 1 fully saturated rings. The van der Waals surface area contributed by atoms with E-state index < -0.39 is 0 Å². The number of aromatic amines is 1. The van der Waals surface area contributed by atoms with Gasteiger partial charge in [-0.05, 0) is 69.9 Å². The minimum atomic E-state index is -0.108. The molecule has 0 bridgehead atoms. The summed E-state index contributed by atoms with van der Waals surface area (Å²) in [6, 6.07) is 10.1. The summed E-state index contributed by atoms with van der Waals surface area (Å²) in [5.41, 5.74) is 3.99. The van der Waals surface area contributed by atoms with E-state index in [1.54, 1.807) is 23.6 Å². The summed E-state index contributed by atoms with van der Waals surface area (Å²) < 4.78 is 6.08.